The fourth-order valence-electron chi connectivity index (χ4n) is 2.80. The molecular formula is C21H16N2O6. The molecule has 0 bridgehead atoms. The number of nitro groups is 2. The number of hydrogen-bond donors (Lipinski definition) is 0. The second-order valence-corrected chi connectivity index (χ2v) is 6.45. The minimum absolute atomic E-state index is 0.249. The Morgan fingerprint density at radius 3 is 2.07 bits per heavy atom. The summed E-state index contributed by atoms with van der Waals surface area (Å²) in [5, 5.41) is 22.0. The van der Waals surface area contributed by atoms with Crippen LogP contribution >= 0.6 is 0 Å². The minimum atomic E-state index is -0.960. The molecule has 0 radical (unpaired) electrons. The monoisotopic (exact) mass is 392 g/mol. The summed E-state index contributed by atoms with van der Waals surface area (Å²) in [5.74, 6) is -0.712. The van der Waals surface area contributed by atoms with Crippen molar-refractivity contribution in [2.45, 2.75) is 13.8 Å². The zero-order chi connectivity index (χ0) is 21.1. The van der Waals surface area contributed by atoms with Crippen molar-refractivity contribution >= 4 is 17.3 Å². The lowest BCUT2D eigenvalue weighted by Crippen LogP contribution is -2.12. The average Bonchev–Trinajstić information content (AvgIpc) is 2.69. The van der Waals surface area contributed by atoms with Crippen molar-refractivity contribution in [2.24, 2.45) is 0 Å². The van der Waals surface area contributed by atoms with Crippen LogP contribution in [0.3, 0.4) is 0 Å². The molecule has 0 unspecified atom stereocenters. The Hall–Kier alpha value is -4.07. The van der Waals surface area contributed by atoms with Crippen LogP contribution in [-0.2, 0) is 0 Å². The lowest BCUT2D eigenvalue weighted by molar-refractivity contribution is -0.394. The van der Waals surface area contributed by atoms with Crippen molar-refractivity contribution in [3.05, 3.63) is 97.6 Å². The summed E-state index contributed by atoms with van der Waals surface area (Å²) in [6, 6.07) is 16.0. The van der Waals surface area contributed by atoms with Crippen LogP contribution < -0.4 is 4.74 Å². The van der Waals surface area contributed by atoms with E-state index >= 15 is 0 Å². The molecule has 3 aromatic carbocycles. The molecule has 0 aliphatic carbocycles. The number of nitrogens with zero attached hydrogens (tertiary/aromatic N) is 2. The predicted molar refractivity (Wildman–Crippen MR) is 106 cm³/mol. The van der Waals surface area contributed by atoms with E-state index < -0.39 is 27.2 Å². The number of aryl methyl sites for hydroxylation is 2. The third kappa shape index (κ3) is 4.27. The molecule has 0 N–H and O–H groups in total. The number of hydrogen-bond acceptors (Lipinski definition) is 6. The summed E-state index contributed by atoms with van der Waals surface area (Å²) in [5.41, 5.74) is 2.22. The van der Waals surface area contributed by atoms with Gasteiger partial charge in [-0.15, -0.1) is 0 Å². The number of carbonyl (C=O) groups excluding carboxylic acids is 1. The Kier molecular flexibility index (Phi) is 5.36. The number of esters is 1. The molecule has 0 aliphatic heterocycles. The van der Waals surface area contributed by atoms with Gasteiger partial charge < -0.3 is 4.74 Å². The lowest BCUT2D eigenvalue weighted by Gasteiger charge is -2.10. The smallest absolute Gasteiger partial charge is 0.350 e. The predicted octanol–water partition coefficient (Wildman–Crippen LogP) is 5.01. The van der Waals surface area contributed by atoms with E-state index in [9.17, 15) is 25.0 Å². The molecule has 8 nitrogen and oxygen atoms in total. The lowest BCUT2D eigenvalue weighted by atomic mass is 10.0. The highest BCUT2D eigenvalue weighted by Crippen LogP contribution is 2.29. The highest BCUT2D eigenvalue weighted by atomic mass is 16.6. The van der Waals surface area contributed by atoms with Crippen LogP contribution in [0.2, 0.25) is 0 Å². The first-order valence-electron chi connectivity index (χ1n) is 8.59. The highest BCUT2D eigenvalue weighted by molar-refractivity contribution is 5.96. The first-order chi connectivity index (χ1) is 13.8. The van der Waals surface area contributed by atoms with E-state index in [2.05, 4.69) is 0 Å². The van der Waals surface area contributed by atoms with Crippen molar-refractivity contribution in [1.29, 1.82) is 0 Å². The molecule has 0 saturated heterocycles. The van der Waals surface area contributed by atoms with Gasteiger partial charge in [-0.25, -0.2) is 4.79 Å². The van der Waals surface area contributed by atoms with Gasteiger partial charge in [0.1, 0.15) is 11.3 Å². The van der Waals surface area contributed by atoms with E-state index in [1.807, 2.05) is 37.3 Å². The third-order valence-corrected chi connectivity index (χ3v) is 4.37. The maximum Gasteiger partial charge on any atom is 0.350 e. The van der Waals surface area contributed by atoms with Crippen molar-refractivity contribution < 1.29 is 19.4 Å². The Balaban J connectivity index is 1.88. The molecule has 0 aliphatic rings. The van der Waals surface area contributed by atoms with E-state index in [4.69, 9.17) is 4.74 Å². The molecule has 0 amide bonds. The number of benzene rings is 3. The Morgan fingerprint density at radius 1 is 0.828 bits per heavy atom. The molecule has 0 saturated carbocycles. The van der Waals surface area contributed by atoms with Gasteiger partial charge in [-0.1, -0.05) is 35.9 Å². The van der Waals surface area contributed by atoms with Crippen LogP contribution in [0.25, 0.3) is 11.1 Å². The van der Waals surface area contributed by atoms with Gasteiger partial charge in [0.05, 0.1) is 15.9 Å². The molecule has 0 heterocycles. The first-order valence-corrected chi connectivity index (χ1v) is 8.59. The molecule has 0 aromatic heterocycles. The molecular weight excluding hydrogens is 376 g/mol. The zero-order valence-corrected chi connectivity index (χ0v) is 15.6. The topological polar surface area (TPSA) is 113 Å². The second kappa shape index (κ2) is 7.89. The van der Waals surface area contributed by atoms with Crippen LogP contribution in [0.4, 0.5) is 11.4 Å². The normalized spacial score (nSPS) is 10.4. The van der Waals surface area contributed by atoms with E-state index in [1.165, 1.54) is 0 Å². The van der Waals surface area contributed by atoms with E-state index in [0.29, 0.717) is 5.56 Å². The molecule has 0 fully saturated rings. The third-order valence-electron chi connectivity index (χ3n) is 4.37. The summed E-state index contributed by atoms with van der Waals surface area (Å²) in [4.78, 5) is 32.9. The van der Waals surface area contributed by atoms with Crippen LogP contribution in [0, 0.1) is 34.1 Å². The molecule has 8 heteroatoms. The largest absolute Gasteiger partial charge is 0.422 e. The van der Waals surface area contributed by atoms with Gasteiger partial charge in [-0.3, -0.25) is 20.2 Å². The molecule has 3 rings (SSSR count). The zero-order valence-electron chi connectivity index (χ0n) is 15.6. The van der Waals surface area contributed by atoms with Crippen LogP contribution in [0.5, 0.6) is 5.75 Å². The maximum atomic E-state index is 12.5. The SMILES string of the molecule is Cc1ccc(-c2ccc(OC(=O)c3ccc([N+](=O)[O-])cc3[N+](=O)[O-])c(C)c2)cc1. The number of rotatable bonds is 5. The summed E-state index contributed by atoms with van der Waals surface area (Å²) in [6.07, 6.45) is 0. The quantitative estimate of drug-likeness (QED) is 0.261. The van der Waals surface area contributed by atoms with E-state index in [0.717, 1.165) is 34.9 Å². The minimum Gasteiger partial charge on any atom is -0.422 e. The Bertz CT molecular complexity index is 1120. The van der Waals surface area contributed by atoms with Gasteiger partial charge in [-0.05, 0) is 48.7 Å². The molecule has 146 valence electrons. The van der Waals surface area contributed by atoms with Gasteiger partial charge in [-0.2, -0.15) is 0 Å². The summed E-state index contributed by atoms with van der Waals surface area (Å²) >= 11 is 0. The van der Waals surface area contributed by atoms with E-state index in [1.54, 1.807) is 19.1 Å². The number of carbonyl (C=O) groups is 1. The highest BCUT2D eigenvalue weighted by Gasteiger charge is 2.25. The standard InChI is InChI=1S/C21H16N2O6/c1-13-3-5-15(6-4-13)16-7-10-20(14(2)11-16)29-21(24)18-9-8-17(22(25)26)12-19(18)23(27)28/h3-12H,1-2H3. The molecule has 3 aromatic rings. The summed E-state index contributed by atoms with van der Waals surface area (Å²) in [7, 11) is 0. The summed E-state index contributed by atoms with van der Waals surface area (Å²) < 4.78 is 5.32. The van der Waals surface area contributed by atoms with Gasteiger partial charge in [0.2, 0.25) is 0 Å². The first kappa shape index (κ1) is 19.7. The van der Waals surface area contributed by atoms with E-state index in [-0.39, 0.29) is 11.3 Å². The van der Waals surface area contributed by atoms with Gasteiger partial charge in [0.25, 0.3) is 11.4 Å². The number of ether oxygens (including phenoxy) is 1. The number of non-ortho nitro benzene ring substituents is 1. The Labute approximate surface area is 165 Å². The number of nitro benzene ring substituents is 2. The fraction of sp³-hybridized carbons (Fsp3) is 0.0952. The van der Waals surface area contributed by atoms with Gasteiger partial charge >= 0.3 is 5.97 Å². The van der Waals surface area contributed by atoms with Crippen molar-refractivity contribution in [3.8, 4) is 16.9 Å². The van der Waals surface area contributed by atoms with Crippen molar-refractivity contribution in [2.75, 3.05) is 0 Å². The second-order valence-electron chi connectivity index (χ2n) is 6.45. The fourth-order valence-corrected chi connectivity index (χ4v) is 2.80. The van der Waals surface area contributed by atoms with Crippen molar-refractivity contribution in [3.63, 3.8) is 0 Å². The van der Waals surface area contributed by atoms with Gasteiger partial charge in [0.15, 0.2) is 0 Å². The van der Waals surface area contributed by atoms with Gasteiger partial charge in [0, 0.05) is 6.07 Å². The summed E-state index contributed by atoms with van der Waals surface area (Å²) in [6.45, 7) is 3.75. The molecule has 0 spiro atoms. The van der Waals surface area contributed by atoms with Crippen LogP contribution in [0.1, 0.15) is 21.5 Å². The molecule has 29 heavy (non-hydrogen) atoms. The van der Waals surface area contributed by atoms with Crippen molar-refractivity contribution in [1.82, 2.24) is 0 Å². The van der Waals surface area contributed by atoms with Crippen LogP contribution in [-0.4, -0.2) is 15.8 Å². The Morgan fingerprint density at radius 2 is 1.48 bits per heavy atom. The maximum absolute atomic E-state index is 12.5. The average molecular weight is 392 g/mol. The molecule has 0 atom stereocenters. The van der Waals surface area contributed by atoms with Crippen LogP contribution in [0.15, 0.2) is 60.7 Å².